The zero-order valence-electron chi connectivity index (χ0n) is 6.82. The van der Waals surface area contributed by atoms with E-state index in [2.05, 4.69) is 20.9 Å². The molecule has 0 atom stereocenters. The van der Waals surface area contributed by atoms with Crippen molar-refractivity contribution < 1.29 is 13.2 Å². The standard InChI is InChI=1S/C8H7BrF3N/c1-5-2-3-6(8(10,11)12)7(4-9)13-5/h2-3H,4H2,1H3. The van der Waals surface area contributed by atoms with E-state index in [4.69, 9.17) is 0 Å². The monoisotopic (exact) mass is 253 g/mol. The van der Waals surface area contributed by atoms with Crippen molar-refractivity contribution in [1.29, 1.82) is 0 Å². The van der Waals surface area contributed by atoms with Crippen LogP contribution in [0.5, 0.6) is 0 Å². The first kappa shape index (κ1) is 10.5. The van der Waals surface area contributed by atoms with Crippen LogP contribution in [0.25, 0.3) is 0 Å². The van der Waals surface area contributed by atoms with E-state index in [-0.39, 0.29) is 11.0 Å². The average molecular weight is 254 g/mol. The number of pyridine rings is 1. The van der Waals surface area contributed by atoms with Crippen LogP contribution >= 0.6 is 15.9 Å². The minimum absolute atomic E-state index is 0.0347. The molecule has 0 spiro atoms. The number of nitrogens with zero attached hydrogens (tertiary/aromatic N) is 1. The average Bonchev–Trinajstić information content (AvgIpc) is 2.01. The first-order valence-electron chi connectivity index (χ1n) is 3.55. The molecule has 0 bridgehead atoms. The number of hydrogen-bond acceptors (Lipinski definition) is 1. The first-order chi connectivity index (χ1) is 5.95. The van der Waals surface area contributed by atoms with E-state index in [1.54, 1.807) is 6.92 Å². The minimum Gasteiger partial charge on any atom is -0.257 e. The van der Waals surface area contributed by atoms with Gasteiger partial charge in [0.2, 0.25) is 0 Å². The fourth-order valence-corrected chi connectivity index (χ4v) is 1.40. The Labute approximate surface area is 82.1 Å². The van der Waals surface area contributed by atoms with E-state index in [0.29, 0.717) is 5.69 Å². The van der Waals surface area contributed by atoms with Gasteiger partial charge in [0.25, 0.3) is 0 Å². The van der Waals surface area contributed by atoms with Crippen LogP contribution in [0.15, 0.2) is 12.1 Å². The summed E-state index contributed by atoms with van der Waals surface area (Å²) >= 11 is 2.97. The molecule has 1 rings (SSSR count). The lowest BCUT2D eigenvalue weighted by Crippen LogP contribution is -2.10. The number of aryl methyl sites for hydroxylation is 1. The van der Waals surface area contributed by atoms with Gasteiger partial charge in [-0.05, 0) is 19.1 Å². The van der Waals surface area contributed by atoms with Crippen molar-refractivity contribution >= 4 is 15.9 Å². The molecule has 0 aliphatic heterocycles. The Morgan fingerprint density at radius 3 is 2.46 bits per heavy atom. The zero-order valence-corrected chi connectivity index (χ0v) is 8.41. The Morgan fingerprint density at radius 1 is 1.38 bits per heavy atom. The van der Waals surface area contributed by atoms with Crippen molar-refractivity contribution in [2.75, 3.05) is 0 Å². The Morgan fingerprint density at radius 2 is 2.00 bits per heavy atom. The second-order valence-corrected chi connectivity index (χ2v) is 3.14. The number of hydrogen-bond donors (Lipinski definition) is 0. The van der Waals surface area contributed by atoms with Gasteiger partial charge in [0.15, 0.2) is 0 Å². The van der Waals surface area contributed by atoms with Gasteiger partial charge in [-0.25, -0.2) is 0 Å². The summed E-state index contributed by atoms with van der Waals surface area (Å²) in [4.78, 5) is 3.79. The molecular formula is C8H7BrF3N. The number of alkyl halides is 4. The minimum atomic E-state index is -4.32. The Hall–Kier alpha value is -0.580. The van der Waals surface area contributed by atoms with Gasteiger partial charge in [-0.15, -0.1) is 0 Å². The molecule has 1 nitrogen and oxygen atoms in total. The Kier molecular flexibility index (Phi) is 2.95. The molecule has 72 valence electrons. The van der Waals surface area contributed by atoms with Crippen LogP contribution in [0.4, 0.5) is 13.2 Å². The van der Waals surface area contributed by atoms with Crippen molar-refractivity contribution in [2.45, 2.75) is 18.4 Å². The molecule has 1 aromatic rings. The van der Waals surface area contributed by atoms with Crippen molar-refractivity contribution in [3.8, 4) is 0 Å². The third kappa shape index (κ3) is 2.43. The van der Waals surface area contributed by atoms with Gasteiger partial charge in [0.05, 0.1) is 11.3 Å². The molecule has 5 heteroatoms. The fourth-order valence-electron chi connectivity index (χ4n) is 0.970. The molecule has 1 heterocycles. The molecule has 0 amide bonds. The Bertz CT molecular complexity index is 309. The maximum atomic E-state index is 12.3. The van der Waals surface area contributed by atoms with E-state index in [0.717, 1.165) is 6.07 Å². The lowest BCUT2D eigenvalue weighted by atomic mass is 10.2. The van der Waals surface area contributed by atoms with Crippen LogP contribution in [-0.4, -0.2) is 4.98 Å². The predicted octanol–water partition coefficient (Wildman–Crippen LogP) is 3.30. The maximum absolute atomic E-state index is 12.3. The highest BCUT2D eigenvalue weighted by Crippen LogP contribution is 2.32. The molecule has 0 unspecified atom stereocenters. The number of rotatable bonds is 1. The highest BCUT2D eigenvalue weighted by Gasteiger charge is 2.33. The van der Waals surface area contributed by atoms with Crippen LogP contribution in [-0.2, 0) is 11.5 Å². The summed E-state index contributed by atoms with van der Waals surface area (Å²) in [6.45, 7) is 1.66. The van der Waals surface area contributed by atoms with Crippen molar-refractivity contribution in [1.82, 2.24) is 4.98 Å². The van der Waals surface area contributed by atoms with Gasteiger partial charge in [-0.1, -0.05) is 15.9 Å². The molecule has 0 fully saturated rings. The van der Waals surface area contributed by atoms with Crippen LogP contribution in [0.3, 0.4) is 0 Å². The molecule has 0 saturated carbocycles. The molecule has 1 aromatic heterocycles. The molecule has 13 heavy (non-hydrogen) atoms. The van der Waals surface area contributed by atoms with Crippen molar-refractivity contribution in [3.05, 3.63) is 29.1 Å². The lowest BCUT2D eigenvalue weighted by molar-refractivity contribution is -0.138. The van der Waals surface area contributed by atoms with Gasteiger partial charge in [-0.2, -0.15) is 13.2 Å². The summed E-state index contributed by atoms with van der Waals surface area (Å²) in [5.41, 5.74) is -0.0510. The third-order valence-corrected chi connectivity index (χ3v) is 2.08. The zero-order chi connectivity index (χ0) is 10.1. The molecule has 0 radical (unpaired) electrons. The van der Waals surface area contributed by atoms with Crippen molar-refractivity contribution in [2.24, 2.45) is 0 Å². The molecule has 0 N–H and O–H groups in total. The van der Waals surface area contributed by atoms with Gasteiger partial charge in [0, 0.05) is 11.0 Å². The summed E-state index contributed by atoms with van der Waals surface area (Å²) in [6, 6.07) is 2.41. The van der Waals surface area contributed by atoms with Gasteiger partial charge >= 0.3 is 6.18 Å². The third-order valence-electron chi connectivity index (χ3n) is 1.55. The quantitative estimate of drug-likeness (QED) is 0.700. The van der Waals surface area contributed by atoms with Crippen LogP contribution in [0.2, 0.25) is 0 Å². The smallest absolute Gasteiger partial charge is 0.257 e. The van der Waals surface area contributed by atoms with Crippen molar-refractivity contribution in [3.63, 3.8) is 0 Å². The highest BCUT2D eigenvalue weighted by atomic mass is 79.9. The first-order valence-corrected chi connectivity index (χ1v) is 4.67. The van der Waals surface area contributed by atoms with E-state index in [1.165, 1.54) is 6.07 Å². The Balaban J connectivity index is 3.22. The molecule has 0 saturated heterocycles. The van der Waals surface area contributed by atoms with Gasteiger partial charge in [0.1, 0.15) is 0 Å². The van der Waals surface area contributed by atoms with E-state index >= 15 is 0 Å². The molecule has 0 aliphatic rings. The fraction of sp³-hybridized carbons (Fsp3) is 0.375. The molecular weight excluding hydrogens is 247 g/mol. The number of aromatic nitrogens is 1. The summed E-state index contributed by atoms with van der Waals surface area (Å²) < 4.78 is 36.9. The molecule has 0 aromatic carbocycles. The summed E-state index contributed by atoms with van der Waals surface area (Å²) in [7, 11) is 0. The lowest BCUT2D eigenvalue weighted by Gasteiger charge is -2.10. The molecule has 0 aliphatic carbocycles. The number of halogens is 4. The van der Waals surface area contributed by atoms with Crippen LogP contribution in [0, 0.1) is 6.92 Å². The summed E-state index contributed by atoms with van der Waals surface area (Å²) in [5.74, 6) is 0. The SMILES string of the molecule is Cc1ccc(C(F)(F)F)c(CBr)n1. The van der Waals surface area contributed by atoms with Crippen LogP contribution < -0.4 is 0 Å². The maximum Gasteiger partial charge on any atom is 0.418 e. The van der Waals surface area contributed by atoms with E-state index in [1.807, 2.05) is 0 Å². The largest absolute Gasteiger partial charge is 0.418 e. The summed E-state index contributed by atoms with van der Waals surface area (Å²) in [5, 5.41) is 0.115. The second-order valence-electron chi connectivity index (χ2n) is 2.58. The normalized spacial score (nSPS) is 11.8. The van der Waals surface area contributed by atoms with Gasteiger partial charge in [-0.3, -0.25) is 4.98 Å². The van der Waals surface area contributed by atoms with E-state index < -0.39 is 11.7 Å². The van der Waals surface area contributed by atoms with Gasteiger partial charge < -0.3 is 0 Å². The highest BCUT2D eigenvalue weighted by molar-refractivity contribution is 9.08. The predicted molar refractivity (Wildman–Crippen MR) is 46.6 cm³/mol. The summed E-state index contributed by atoms with van der Waals surface area (Å²) in [6.07, 6.45) is -4.32. The van der Waals surface area contributed by atoms with Crippen LogP contribution in [0.1, 0.15) is 17.0 Å². The second kappa shape index (κ2) is 3.65. The van der Waals surface area contributed by atoms with E-state index in [9.17, 15) is 13.2 Å². The topological polar surface area (TPSA) is 12.9 Å².